The Morgan fingerprint density at radius 1 is 1.57 bits per heavy atom. The number of carboxylic acid groups (broad SMARTS) is 1. The summed E-state index contributed by atoms with van der Waals surface area (Å²) in [5.41, 5.74) is -0.0813. The standard InChI is InChI=1S/C8H10N2O3S/c1-14-3-2-13-7-5-9-6(4-10-7)8(11)12/h4-5H,2-3H2,1H3,(H,11,12). The van der Waals surface area contributed by atoms with E-state index in [9.17, 15) is 4.79 Å². The lowest BCUT2D eigenvalue weighted by Crippen LogP contribution is -2.05. The number of nitrogens with zero attached hydrogens (tertiary/aromatic N) is 2. The van der Waals surface area contributed by atoms with Gasteiger partial charge < -0.3 is 9.84 Å². The van der Waals surface area contributed by atoms with Gasteiger partial charge in [0.15, 0.2) is 5.69 Å². The molecule has 1 rings (SSSR count). The predicted octanol–water partition coefficient (Wildman–Crippen LogP) is 0.917. The first-order chi connectivity index (χ1) is 6.74. The van der Waals surface area contributed by atoms with Crippen molar-refractivity contribution in [1.29, 1.82) is 0 Å². The number of aromatic carboxylic acids is 1. The molecule has 5 nitrogen and oxygen atoms in total. The van der Waals surface area contributed by atoms with E-state index in [-0.39, 0.29) is 5.69 Å². The zero-order valence-corrected chi connectivity index (χ0v) is 8.45. The fourth-order valence-electron chi connectivity index (χ4n) is 0.731. The molecule has 1 heterocycles. The van der Waals surface area contributed by atoms with Gasteiger partial charge in [-0.05, 0) is 6.26 Å². The molecule has 0 spiro atoms. The molecule has 0 radical (unpaired) electrons. The zero-order chi connectivity index (χ0) is 10.4. The molecule has 6 heteroatoms. The highest BCUT2D eigenvalue weighted by atomic mass is 32.2. The van der Waals surface area contributed by atoms with Crippen molar-refractivity contribution < 1.29 is 14.6 Å². The maximum atomic E-state index is 10.4. The Bertz CT molecular complexity index is 302. The highest BCUT2D eigenvalue weighted by Crippen LogP contribution is 2.04. The number of ether oxygens (including phenoxy) is 1. The summed E-state index contributed by atoms with van der Waals surface area (Å²) in [6.07, 6.45) is 4.46. The third-order valence-electron chi connectivity index (χ3n) is 1.38. The van der Waals surface area contributed by atoms with E-state index in [1.165, 1.54) is 12.4 Å². The van der Waals surface area contributed by atoms with Gasteiger partial charge in [-0.25, -0.2) is 14.8 Å². The first-order valence-electron chi connectivity index (χ1n) is 3.91. The van der Waals surface area contributed by atoms with Gasteiger partial charge in [-0.1, -0.05) is 0 Å². The molecule has 1 aromatic heterocycles. The van der Waals surface area contributed by atoms with Crippen molar-refractivity contribution in [2.45, 2.75) is 0 Å². The molecule has 0 amide bonds. The van der Waals surface area contributed by atoms with Crippen LogP contribution in [0.1, 0.15) is 10.5 Å². The van der Waals surface area contributed by atoms with Crippen LogP contribution in [0.3, 0.4) is 0 Å². The first kappa shape index (κ1) is 10.8. The molecule has 0 aromatic carbocycles. The second-order valence-corrected chi connectivity index (χ2v) is 3.37. The highest BCUT2D eigenvalue weighted by molar-refractivity contribution is 7.98. The summed E-state index contributed by atoms with van der Waals surface area (Å²) in [5, 5.41) is 8.54. The van der Waals surface area contributed by atoms with Crippen molar-refractivity contribution in [2.75, 3.05) is 18.6 Å². The average Bonchev–Trinajstić information content (AvgIpc) is 2.19. The molecular formula is C8H10N2O3S. The average molecular weight is 214 g/mol. The van der Waals surface area contributed by atoms with Crippen molar-refractivity contribution in [3.05, 3.63) is 18.1 Å². The molecule has 0 aliphatic rings. The van der Waals surface area contributed by atoms with Crippen LogP contribution < -0.4 is 4.74 Å². The van der Waals surface area contributed by atoms with Crippen molar-refractivity contribution in [2.24, 2.45) is 0 Å². The number of carbonyl (C=O) groups is 1. The summed E-state index contributed by atoms with van der Waals surface area (Å²) in [7, 11) is 0. The predicted molar refractivity (Wildman–Crippen MR) is 52.9 cm³/mol. The van der Waals surface area contributed by atoms with E-state index in [0.717, 1.165) is 5.75 Å². The van der Waals surface area contributed by atoms with Crippen LogP contribution in [0.25, 0.3) is 0 Å². The Kier molecular flexibility index (Phi) is 4.18. The van der Waals surface area contributed by atoms with Crippen LogP contribution in [-0.4, -0.2) is 39.7 Å². The van der Waals surface area contributed by atoms with Crippen LogP contribution in [0.4, 0.5) is 0 Å². The maximum absolute atomic E-state index is 10.4. The second kappa shape index (κ2) is 5.43. The van der Waals surface area contributed by atoms with Gasteiger partial charge in [0.2, 0.25) is 5.88 Å². The van der Waals surface area contributed by atoms with Crippen LogP contribution in [0.2, 0.25) is 0 Å². The van der Waals surface area contributed by atoms with E-state index in [0.29, 0.717) is 12.5 Å². The molecule has 1 N–H and O–H groups in total. The number of thioether (sulfide) groups is 1. The van der Waals surface area contributed by atoms with Gasteiger partial charge in [0, 0.05) is 5.75 Å². The van der Waals surface area contributed by atoms with Crippen LogP contribution in [0, 0.1) is 0 Å². The van der Waals surface area contributed by atoms with Crippen LogP contribution in [-0.2, 0) is 0 Å². The van der Waals surface area contributed by atoms with E-state index in [1.54, 1.807) is 11.8 Å². The maximum Gasteiger partial charge on any atom is 0.356 e. The van der Waals surface area contributed by atoms with Crippen LogP contribution in [0.15, 0.2) is 12.4 Å². The summed E-state index contributed by atoms with van der Waals surface area (Å²) in [5.74, 6) is 0.125. The van der Waals surface area contributed by atoms with E-state index >= 15 is 0 Å². The lowest BCUT2D eigenvalue weighted by Gasteiger charge is -2.02. The second-order valence-electron chi connectivity index (χ2n) is 2.39. The molecule has 76 valence electrons. The largest absolute Gasteiger partial charge is 0.476 e. The number of hydrogen-bond donors (Lipinski definition) is 1. The van der Waals surface area contributed by atoms with E-state index in [1.807, 2.05) is 6.26 Å². The Hall–Kier alpha value is -1.30. The zero-order valence-electron chi connectivity index (χ0n) is 7.64. The number of rotatable bonds is 5. The highest BCUT2D eigenvalue weighted by Gasteiger charge is 2.04. The SMILES string of the molecule is CSCCOc1cnc(C(=O)O)cn1. The van der Waals surface area contributed by atoms with Gasteiger partial charge in [-0.3, -0.25) is 0 Å². The van der Waals surface area contributed by atoms with Gasteiger partial charge in [0.05, 0.1) is 19.0 Å². The summed E-state index contributed by atoms with van der Waals surface area (Å²) < 4.78 is 5.19. The Morgan fingerprint density at radius 2 is 2.36 bits per heavy atom. The van der Waals surface area contributed by atoms with Gasteiger partial charge in [0.1, 0.15) is 0 Å². The number of aromatic nitrogens is 2. The van der Waals surface area contributed by atoms with E-state index in [2.05, 4.69) is 9.97 Å². The molecule has 0 bridgehead atoms. The molecule has 0 atom stereocenters. The minimum atomic E-state index is -1.09. The lowest BCUT2D eigenvalue weighted by atomic mass is 10.5. The summed E-state index contributed by atoms with van der Waals surface area (Å²) in [6, 6.07) is 0. The number of carboxylic acids is 1. The molecule has 0 fully saturated rings. The molecule has 14 heavy (non-hydrogen) atoms. The van der Waals surface area contributed by atoms with Crippen molar-refractivity contribution in [1.82, 2.24) is 9.97 Å². The Labute approximate surface area is 85.5 Å². The van der Waals surface area contributed by atoms with Gasteiger partial charge in [-0.15, -0.1) is 0 Å². The van der Waals surface area contributed by atoms with Gasteiger partial charge in [-0.2, -0.15) is 11.8 Å². The third-order valence-corrected chi connectivity index (χ3v) is 1.96. The summed E-state index contributed by atoms with van der Waals surface area (Å²) in [6.45, 7) is 0.544. The van der Waals surface area contributed by atoms with Crippen molar-refractivity contribution in [3.8, 4) is 5.88 Å². The summed E-state index contributed by atoms with van der Waals surface area (Å²) in [4.78, 5) is 17.9. The minimum absolute atomic E-state index is 0.0813. The molecule has 1 aromatic rings. The molecule has 0 saturated heterocycles. The molecular weight excluding hydrogens is 204 g/mol. The third kappa shape index (κ3) is 3.21. The van der Waals surface area contributed by atoms with E-state index < -0.39 is 5.97 Å². The Balaban J connectivity index is 2.51. The summed E-state index contributed by atoms with van der Waals surface area (Å²) >= 11 is 1.66. The lowest BCUT2D eigenvalue weighted by molar-refractivity contribution is 0.0690. The molecule has 0 unspecified atom stereocenters. The molecule has 0 aliphatic carbocycles. The smallest absolute Gasteiger partial charge is 0.356 e. The fourth-order valence-corrected chi connectivity index (χ4v) is 0.981. The minimum Gasteiger partial charge on any atom is -0.476 e. The normalized spacial score (nSPS) is 9.79. The number of hydrogen-bond acceptors (Lipinski definition) is 5. The fraction of sp³-hybridized carbons (Fsp3) is 0.375. The Morgan fingerprint density at radius 3 is 2.86 bits per heavy atom. The molecule has 0 saturated carbocycles. The van der Waals surface area contributed by atoms with Crippen molar-refractivity contribution >= 4 is 17.7 Å². The van der Waals surface area contributed by atoms with Crippen LogP contribution in [0.5, 0.6) is 5.88 Å². The van der Waals surface area contributed by atoms with E-state index in [4.69, 9.17) is 9.84 Å². The van der Waals surface area contributed by atoms with Gasteiger partial charge >= 0.3 is 5.97 Å². The molecule has 0 aliphatic heterocycles. The first-order valence-corrected chi connectivity index (χ1v) is 5.30. The van der Waals surface area contributed by atoms with Gasteiger partial charge in [0.25, 0.3) is 0 Å². The topological polar surface area (TPSA) is 72.3 Å². The van der Waals surface area contributed by atoms with Crippen molar-refractivity contribution in [3.63, 3.8) is 0 Å². The quantitative estimate of drug-likeness (QED) is 0.735. The van der Waals surface area contributed by atoms with Crippen LogP contribution >= 0.6 is 11.8 Å². The monoisotopic (exact) mass is 214 g/mol.